The van der Waals surface area contributed by atoms with Crippen LogP contribution in [0.4, 0.5) is 5.69 Å². The van der Waals surface area contributed by atoms with Gasteiger partial charge in [-0.2, -0.15) is 0 Å². The fraction of sp³-hybridized carbons (Fsp3) is 0.391. The zero-order chi connectivity index (χ0) is 19.5. The van der Waals surface area contributed by atoms with Crippen molar-refractivity contribution in [2.75, 3.05) is 18.4 Å². The summed E-state index contributed by atoms with van der Waals surface area (Å²) < 4.78 is 0. The number of piperidine rings is 1. The Hall–Kier alpha value is -2.37. The van der Waals surface area contributed by atoms with Crippen molar-refractivity contribution >= 4 is 29.9 Å². The number of halogens is 1. The number of carbonyl (C=O) groups excluding carboxylic acids is 2. The highest BCUT2D eigenvalue weighted by Gasteiger charge is 2.32. The van der Waals surface area contributed by atoms with Crippen LogP contribution in [0.2, 0.25) is 0 Å². The van der Waals surface area contributed by atoms with Crippen LogP contribution in [0.1, 0.15) is 29.5 Å². The first-order valence-corrected chi connectivity index (χ1v) is 10.1. The predicted molar refractivity (Wildman–Crippen MR) is 117 cm³/mol. The number of amides is 2. The number of carbonyl (C=O) groups is 2. The van der Waals surface area contributed by atoms with Gasteiger partial charge in [0.05, 0.1) is 6.04 Å². The van der Waals surface area contributed by atoms with Crippen molar-refractivity contribution in [3.63, 3.8) is 0 Å². The molecule has 0 aliphatic carbocycles. The highest BCUT2D eigenvalue weighted by atomic mass is 35.5. The first-order valence-electron chi connectivity index (χ1n) is 10.1. The van der Waals surface area contributed by atoms with E-state index >= 15 is 0 Å². The minimum Gasteiger partial charge on any atom is -0.341 e. The maximum absolute atomic E-state index is 12.9. The predicted octanol–water partition coefficient (Wildman–Crippen LogP) is 3.31. The fourth-order valence-corrected chi connectivity index (χ4v) is 4.09. The smallest absolute Gasteiger partial charge is 0.240 e. The number of anilines is 1. The van der Waals surface area contributed by atoms with Gasteiger partial charge in [-0.25, -0.2) is 0 Å². The summed E-state index contributed by atoms with van der Waals surface area (Å²) in [4.78, 5) is 27.4. The summed E-state index contributed by atoms with van der Waals surface area (Å²) in [6.45, 7) is 4.05. The molecule has 1 fully saturated rings. The molecule has 6 heteroatoms. The number of hydrogen-bond acceptors (Lipinski definition) is 3. The Morgan fingerprint density at radius 3 is 2.34 bits per heavy atom. The SMILES string of the molecule is Cc1ccc(NC(=O)C2CCN(C(=O)[C@@H]3Cc4ccccc4CN3)CC2)cc1.Cl. The lowest BCUT2D eigenvalue weighted by Gasteiger charge is -2.35. The molecule has 2 aromatic carbocycles. The topological polar surface area (TPSA) is 61.4 Å². The maximum Gasteiger partial charge on any atom is 0.240 e. The molecule has 1 saturated heterocycles. The van der Waals surface area contributed by atoms with E-state index in [9.17, 15) is 9.59 Å². The monoisotopic (exact) mass is 413 g/mol. The molecule has 2 amide bonds. The number of fused-ring (bicyclic) bond motifs is 1. The number of nitrogens with one attached hydrogen (secondary N) is 2. The van der Waals surface area contributed by atoms with Crippen molar-refractivity contribution in [2.24, 2.45) is 5.92 Å². The van der Waals surface area contributed by atoms with E-state index in [1.165, 1.54) is 16.7 Å². The molecule has 29 heavy (non-hydrogen) atoms. The van der Waals surface area contributed by atoms with Gasteiger partial charge in [-0.1, -0.05) is 42.0 Å². The summed E-state index contributed by atoms with van der Waals surface area (Å²) in [7, 11) is 0. The van der Waals surface area contributed by atoms with Crippen molar-refractivity contribution in [1.29, 1.82) is 0 Å². The van der Waals surface area contributed by atoms with Gasteiger partial charge in [-0.3, -0.25) is 9.59 Å². The number of likely N-dealkylation sites (tertiary alicyclic amines) is 1. The van der Waals surface area contributed by atoms with Crippen molar-refractivity contribution in [3.8, 4) is 0 Å². The standard InChI is InChI=1S/C23H27N3O2.ClH/c1-16-6-8-20(9-7-16)25-22(27)17-10-12-26(13-11-17)23(28)21-14-18-4-2-3-5-19(18)15-24-21;/h2-9,17,21,24H,10-15H2,1H3,(H,25,27);1H/t21-;/m0./s1. The Morgan fingerprint density at radius 2 is 1.66 bits per heavy atom. The van der Waals surface area contributed by atoms with Crippen LogP contribution in [0.5, 0.6) is 0 Å². The molecule has 5 nitrogen and oxygen atoms in total. The van der Waals surface area contributed by atoms with E-state index in [0.29, 0.717) is 25.9 Å². The number of benzene rings is 2. The average molecular weight is 414 g/mol. The van der Waals surface area contributed by atoms with E-state index in [0.717, 1.165) is 18.7 Å². The van der Waals surface area contributed by atoms with E-state index in [-0.39, 0.29) is 36.2 Å². The first-order chi connectivity index (χ1) is 13.6. The van der Waals surface area contributed by atoms with Crippen LogP contribution in [-0.4, -0.2) is 35.8 Å². The van der Waals surface area contributed by atoms with E-state index < -0.39 is 0 Å². The van der Waals surface area contributed by atoms with Crippen molar-refractivity contribution in [2.45, 2.75) is 38.8 Å². The van der Waals surface area contributed by atoms with Crippen molar-refractivity contribution in [3.05, 3.63) is 65.2 Å². The summed E-state index contributed by atoms with van der Waals surface area (Å²) in [5, 5.41) is 6.38. The molecule has 2 aliphatic rings. The Labute approximate surface area is 178 Å². The summed E-state index contributed by atoms with van der Waals surface area (Å²) in [5.74, 6) is 0.179. The van der Waals surface area contributed by atoms with Gasteiger partial charge in [0.1, 0.15) is 0 Å². The normalized spacial score (nSPS) is 19.1. The van der Waals surface area contributed by atoms with Gasteiger partial charge in [-0.15, -0.1) is 12.4 Å². The molecule has 2 aliphatic heterocycles. The summed E-state index contributed by atoms with van der Waals surface area (Å²) >= 11 is 0. The zero-order valence-electron chi connectivity index (χ0n) is 16.7. The average Bonchev–Trinajstić information content (AvgIpc) is 2.74. The minimum absolute atomic E-state index is 0. The number of aryl methyl sites for hydroxylation is 1. The number of rotatable bonds is 3. The molecule has 0 radical (unpaired) electrons. The molecule has 0 spiro atoms. The van der Waals surface area contributed by atoms with Gasteiger partial charge < -0.3 is 15.5 Å². The molecule has 0 unspecified atom stereocenters. The minimum atomic E-state index is -0.159. The van der Waals surface area contributed by atoms with Gasteiger partial charge in [0, 0.05) is 31.2 Å². The van der Waals surface area contributed by atoms with Gasteiger partial charge in [0.25, 0.3) is 0 Å². The number of hydrogen-bond donors (Lipinski definition) is 2. The van der Waals surface area contributed by atoms with Crippen LogP contribution in [0, 0.1) is 12.8 Å². The molecule has 154 valence electrons. The van der Waals surface area contributed by atoms with Crippen LogP contribution >= 0.6 is 12.4 Å². The molecular formula is C23H28ClN3O2. The molecule has 2 heterocycles. The highest BCUT2D eigenvalue weighted by molar-refractivity contribution is 5.93. The third-order valence-corrected chi connectivity index (χ3v) is 5.88. The Bertz CT molecular complexity index is 861. The second-order valence-corrected chi connectivity index (χ2v) is 7.86. The van der Waals surface area contributed by atoms with Gasteiger partial charge in [-0.05, 0) is 49.4 Å². The van der Waals surface area contributed by atoms with Gasteiger partial charge in [0.15, 0.2) is 0 Å². The molecule has 0 saturated carbocycles. The zero-order valence-corrected chi connectivity index (χ0v) is 17.5. The quantitative estimate of drug-likeness (QED) is 0.811. The third kappa shape index (κ3) is 4.98. The maximum atomic E-state index is 12.9. The first kappa shape index (κ1) is 21.3. The molecule has 0 bridgehead atoms. The van der Waals surface area contributed by atoms with Crippen LogP contribution in [0.3, 0.4) is 0 Å². The van der Waals surface area contributed by atoms with Crippen LogP contribution in [0.25, 0.3) is 0 Å². The number of nitrogens with zero attached hydrogens (tertiary/aromatic N) is 1. The molecule has 2 N–H and O–H groups in total. The summed E-state index contributed by atoms with van der Waals surface area (Å²) in [5.41, 5.74) is 4.54. The lowest BCUT2D eigenvalue weighted by molar-refractivity contribution is -0.136. The highest BCUT2D eigenvalue weighted by Crippen LogP contribution is 2.22. The van der Waals surface area contributed by atoms with Crippen LogP contribution < -0.4 is 10.6 Å². The Morgan fingerprint density at radius 1 is 1.00 bits per heavy atom. The lowest BCUT2D eigenvalue weighted by atomic mass is 9.92. The summed E-state index contributed by atoms with van der Waals surface area (Å²) in [6.07, 6.45) is 2.17. The Kier molecular flexibility index (Phi) is 6.93. The molecule has 1 atom stereocenters. The van der Waals surface area contributed by atoms with Crippen LogP contribution in [-0.2, 0) is 22.6 Å². The van der Waals surface area contributed by atoms with E-state index in [4.69, 9.17) is 0 Å². The fourth-order valence-electron chi connectivity index (χ4n) is 4.09. The summed E-state index contributed by atoms with van der Waals surface area (Å²) in [6, 6.07) is 16.0. The van der Waals surface area contributed by atoms with E-state index in [1.807, 2.05) is 48.2 Å². The largest absolute Gasteiger partial charge is 0.341 e. The second-order valence-electron chi connectivity index (χ2n) is 7.86. The molecule has 4 rings (SSSR count). The van der Waals surface area contributed by atoms with Gasteiger partial charge >= 0.3 is 0 Å². The second kappa shape index (κ2) is 9.42. The molecule has 0 aromatic heterocycles. The van der Waals surface area contributed by atoms with Crippen molar-refractivity contribution < 1.29 is 9.59 Å². The van der Waals surface area contributed by atoms with Crippen molar-refractivity contribution in [1.82, 2.24) is 10.2 Å². The van der Waals surface area contributed by atoms with E-state index in [2.05, 4.69) is 22.8 Å². The lowest BCUT2D eigenvalue weighted by Crippen LogP contribution is -2.52. The van der Waals surface area contributed by atoms with Crippen LogP contribution in [0.15, 0.2) is 48.5 Å². The third-order valence-electron chi connectivity index (χ3n) is 5.88. The molecule has 2 aromatic rings. The van der Waals surface area contributed by atoms with Gasteiger partial charge in [0.2, 0.25) is 11.8 Å². The Balaban J connectivity index is 0.00000240. The molecular weight excluding hydrogens is 386 g/mol. The van der Waals surface area contributed by atoms with E-state index in [1.54, 1.807) is 0 Å².